The summed E-state index contributed by atoms with van der Waals surface area (Å²) in [6.45, 7) is 0. The van der Waals surface area contributed by atoms with Gasteiger partial charge in [-0.1, -0.05) is 0 Å². The number of methoxy groups -OCH3 is 1. The molecule has 4 heteroatoms. The highest BCUT2D eigenvalue weighted by molar-refractivity contribution is 5.29. The van der Waals surface area contributed by atoms with Crippen LogP contribution in [0.4, 0.5) is 5.95 Å². The zero-order chi connectivity index (χ0) is 8.39. The monoisotopic (exact) mass is 165 g/mol. The van der Waals surface area contributed by atoms with E-state index >= 15 is 0 Å². The fourth-order valence-corrected chi connectivity index (χ4v) is 0.906. The molecule has 0 aliphatic heterocycles. The molecule has 1 aliphatic carbocycles. The Morgan fingerprint density at radius 1 is 1.42 bits per heavy atom. The van der Waals surface area contributed by atoms with E-state index in [9.17, 15) is 0 Å². The lowest BCUT2D eigenvalue weighted by atomic mass is 10.6. The van der Waals surface area contributed by atoms with Crippen LogP contribution >= 0.6 is 0 Å². The van der Waals surface area contributed by atoms with Gasteiger partial charge in [0.05, 0.1) is 19.5 Å². The maximum atomic E-state index is 4.94. The predicted octanol–water partition coefficient (Wildman–Crippen LogP) is 1.06. The van der Waals surface area contributed by atoms with E-state index in [0.717, 1.165) is 0 Å². The van der Waals surface area contributed by atoms with Crippen molar-refractivity contribution in [1.29, 1.82) is 0 Å². The molecule has 4 nitrogen and oxygen atoms in total. The van der Waals surface area contributed by atoms with E-state index in [4.69, 9.17) is 4.74 Å². The predicted molar refractivity (Wildman–Crippen MR) is 45.2 cm³/mol. The zero-order valence-corrected chi connectivity index (χ0v) is 6.95. The van der Waals surface area contributed by atoms with E-state index in [1.807, 2.05) is 0 Å². The number of hydrogen-bond donors (Lipinski definition) is 1. The molecule has 1 aliphatic rings. The van der Waals surface area contributed by atoms with Crippen molar-refractivity contribution in [2.24, 2.45) is 0 Å². The Bertz CT molecular complexity index is 256. The first-order chi connectivity index (χ1) is 5.88. The van der Waals surface area contributed by atoms with Crippen molar-refractivity contribution in [1.82, 2.24) is 9.97 Å². The van der Waals surface area contributed by atoms with Crippen LogP contribution in [0.3, 0.4) is 0 Å². The maximum Gasteiger partial charge on any atom is 0.223 e. The maximum absolute atomic E-state index is 4.94. The summed E-state index contributed by atoms with van der Waals surface area (Å²) in [6.07, 6.45) is 5.79. The van der Waals surface area contributed by atoms with Gasteiger partial charge in [-0.15, -0.1) is 0 Å². The molecule has 64 valence electrons. The molecule has 1 aromatic heterocycles. The van der Waals surface area contributed by atoms with Crippen LogP contribution in [-0.2, 0) is 0 Å². The molecular weight excluding hydrogens is 154 g/mol. The zero-order valence-electron chi connectivity index (χ0n) is 6.95. The minimum absolute atomic E-state index is 0.596. The Kier molecular flexibility index (Phi) is 1.81. The normalized spacial score (nSPS) is 15.8. The third-order valence-corrected chi connectivity index (χ3v) is 1.77. The number of hydrogen-bond acceptors (Lipinski definition) is 4. The lowest BCUT2D eigenvalue weighted by molar-refractivity contribution is 0.411. The van der Waals surface area contributed by atoms with Gasteiger partial charge >= 0.3 is 0 Å². The van der Waals surface area contributed by atoms with Gasteiger partial charge in [0.2, 0.25) is 5.95 Å². The summed E-state index contributed by atoms with van der Waals surface area (Å²) in [4.78, 5) is 8.16. The van der Waals surface area contributed by atoms with Gasteiger partial charge in [-0.3, -0.25) is 0 Å². The summed E-state index contributed by atoms with van der Waals surface area (Å²) in [5, 5.41) is 3.19. The average Bonchev–Trinajstić information content (AvgIpc) is 2.90. The molecule has 1 saturated carbocycles. The van der Waals surface area contributed by atoms with E-state index in [0.29, 0.717) is 17.7 Å². The van der Waals surface area contributed by atoms with Crippen LogP contribution in [0.15, 0.2) is 12.4 Å². The largest absolute Gasteiger partial charge is 0.494 e. The number of nitrogens with one attached hydrogen (secondary N) is 1. The second-order valence-electron chi connectivity index (χ2n) is 2.87. The van der Waals surface area contributed by atoms with Gasteiger partial charge in [-0.05, 0) is 12.8 Å². The lowest BCUT2D eigenvalue weighted by Gasteiger charge is -2.02. The Balaban J connectivity index is 2.02. The third kappa shape index (κ3) is 1.64. The van der Waals surface area contributed by atoms with Gasteiger partial charge in [0, 0.05) is 6.04 Å². The SMILES string of the molecule is COc1cnc(NC2CC2)nc1. The van der Waals surface area contributed by atoms with Crippen LogP contribution in [-0.4, -0.2) is 23.1 Å². The number of anilines is 1. The number of nitrogens with zero attached hydrogens (tertiary/aromatic N) is 2. The quantitative estimate of drug-likeness (QED) is 0.727. The molecule has 0 spiro atoms. The van der Waals surface area contributed by atoms with E-state index in [2.05, 4.69) is 15.3 Å². The molecule has 1 N–H and O–H groups in total. The molecule has 1 fully saturated rings. The summed E-state index contributed by atoms with van der Waals surface area (Å²) in [6, 6.07) is 0.596. The molecule has 0 bridgehead atoms. The van der Waals surface area contributed by atoms with Gasteiger partial charge in [-0.2, -0.15) is 0 Å². The van der Waals surface area contributed by atoms with Crippen molar-refractivity contribution in [3.8, 4) is 5.75 Å². The van der Waals surface area contributed by atoms with E-state index in [1.54, 1.807) is 19.5 Å². The highest BCUT2D eigenvalue weighted by Gasteiger charge is 2.21. The molecule has 0 saturated heterocycles. The average molecular weight is 165 g/mol. The van der Waals surface area contributed by atoms with Crippen molar-refractivity contribution in [2.45, 2.75) is 18.9 Å². The van der Waals surface area contributed by atoms with Crippen molar-refractivity contribution < 1.29 is 4.74 Å². The van der Waals surface area contributed by atoms with Crippen LogP contribution in [0.2, 0.25) is 0 Å². The first-order valence-corrected chi connectivity index (χ1v) is 4.01. The van der Waals surface area contributed by atoms with Crippen molar-refractivity contribution in [2.75, 3.05) is 12.4 Å². The first kappa shape index (κ1) is 7.34. The molecule has 2 rings (SSSR count). The van der Waals surface area contributed by atoms with E-state index in [-0.39, 0.29) is 0 Å². The highest BCUT2D eigenvalue weighted by Crippen LogP contribution is 2.22. The molecule has 0 aromatic carbocycles. The third-order valence-electron chi connectivity index (χ3n) is 1.77. The van der Waals surface area contributed by atoms with Crippen molar-refractivity contribution >= 4 is 5.95 Å². The van der Waals surface area contributed by atoms with Crippen LogP contribution in [0.5, 0.6) is 5.75 Å². The Hall–Kier alpha value is -1.32. The van der Waals surface area contributed by atoms with Crippen molar-refractivity contribution in [3.63, 3.8) is 0 Å². The molecular formula is C8H11N3O. The Morgan fingerprint density at radius 2 is 2.08 bits per heavy atom. The minimum atomic E-state index is 0.596. The number of ether oxygens (including phenoxy) is 1. The second kappa shape index (κ2) is 2.97. The Labute approximate surface area is 71.0 Å². The molecule has 0 amide bonds. The van der Waals surface area contributed by atoms with Crippen LogP contribution < -0.4 is 10.1 Å². The molecule has 0 radical (unpaired) electrons. The molecule has 1 heterocycles. The fourth-order valence-electron chi connectivity index (χ4n) is 0.906. The molecule has 12 heavy (non-hydrogen) atoms. The number of aromatic nitrogens is 2. The van der Waals surface area contributed by atoms with Crippen molar-refractivity contribution in [3.05, 3.63) is 12.4 Å². The summed E-state index contributed by atoms with van der Waals surface area (Å²) in [7, 11) is 1.60. The van der Waals surface area contributed by atoms with E-state index in [1.165, 1.54) is 12.8 Å². The van der Waals surface area contributed by atoms with Gasteiger partial charge in [0.1, 0.15) is 0 Å². The summed E-state index contributed by atoms with van der Waals surface area (Å²) in [5.41, 5.74) is 0. The highest BCUT2D eigenvalue weighted by atomic mass is 16.5. The fraction of sp³-hybridized carbons (Fsp3) is 0.500. The van der Waals surface area contributed by atoms with E-state index < -0.39 is 0 Å². The second-order valence-corrected chi connectivity index (χ2v) is 2.87. The van der Waals surface area contributed by atoms with Gasteiger partial charge in [0.25, 0.3) is 0 Å². The number of rotatable bonds is 3. The summed E-state index contributed by atoms with van der Waals surface area (Å²) in [5.74, 6) is 1.38. The minimum Gasteiger partial charge on any atom is -0.494 e. The first-order valence-electron chi connectivity index (χ1n) is 4.01. The molecule has 0 unspecified atom stereocenters. The summed E-state index contributed by atoms with van der Waals surface area (Å²) >= 11 is 0. The molecule has 1 aromatic rings. The summed E-state index contributed by atoms with van der Waals surface area (Å²) < 4.78 is 4.94. The van der Waals surface area contributed by atoms with Crippen LogP contribution in [0.1, 0.15) is 12.8 Å². The van der Waals surface area contributed by atoms with Crippen LogP contribution in [0, 0.1) is 0 Å². The Morgan fingerprint density at radius 3 is 2.58 bits per heavy atom. The van der Waals surface area contributed by atoms with Gasteiger partial charge in [-0.25, -0.2) is 9.97 Å². The van der Waals surface area contributed by atoms with Gasteiger partial charge in [0.15, 0.2) is 5.75 Å². The van der Waals surface area contributed by atoms with Crippen LogP contribution in [0.25, 0.3) is 0 Å². The lowest BCUT2D eigenvalue weighted by Crippen LogP contribution is -2.04. The topological polar surface area (TPSA) is 47.0 Å². The molecule has 0 atom stereocenters. The standard InChI is InChI=1S/C8H11N3O/c1-12-7-4-9-8(10-5-7)11-6-2-3-6/h4-6H,2-3H2,1H3,(H,9,10,11). The smallest absolute Gasteiger partial charge is 0.223 e. The van der Waals surface area contributed by atoms with Gasteiger partial charge < -0.3 is 10.1 Å².